The molecule has 0 saturated heterocycles. The maximum absolute atomic E-state index is 13.0. The molecule has 20 heavy (non-hydrogen) atoms. The molecule has 3 aromatic rings. The lowest BCUT2D eigenvalue weighted by Gasteiger charge is -2.02. The first-order valence-corrected chi connectivity index (χ1v) is 6.29. The molecule has 0 aliphatic rings. The van der Waals surface area contributed by atoms with Gasteiger partial charge in [0.25, 0.3) is 0 Å². The van der Waals surface area contributed by atoms with Gasteiger partial charge >= 0.3 is 0 Å². The molecule has 0 spiro atoms. The second-order valence-electron chi connectivity index (χ2n) is 4.76. The van der Waals surface area contributed by atoms with E-state index in [-0.39, 0.29) is 11.6 Å². The number of ketones is 1. The number of carbonyl (C=O) groups is 1. The SMILES string of the molecule is CC(=O)c1ccc2nc(-c3ccc(F)cc3)n(C)c2c1. The van der Waals surface area contributed by atoms with E-state index < -0.39 is 0 Å². The summed E-state index contributed by atoms with van der Waals surface area (Å²) in [5, 5.41) is 0. The molecule has 0 saturated carbocycles. The summed E-state index contributed by atoms with van der Waals surface area (Å²) in [6.45, 7) is 1.54. The van der Waals surface area contributed by atoms with Crippen LogP contribution in [0, 0.1) is 5.82 Å². The molecule has 2 aromatic carbocycles. The predicted molar refractivity (Wildman–Crippen MR) is 76.1 cm³/mol. The number of halogens is 1. The fourth-order valence-corrected chi connectivity index (χ4v) is 2.27. The quantitative estimate of drug-likeness (QED) is 0.666. The molecular formula is C16H13FN2O. The average molecular weight is 268 g/mol. The van der Waals surface area contributed by atoms with Crippen LogP contribution in [-0.2, 0) is 7.05 Å². The topological polar surface area (TPSA) is 34.9 Å². The van der Waals surface area contributed by atoms with Gasteiger partial charge in [-0.1, -0.05) is 0 Å². The molecule has 3 rings (SSSR count). The second kappa shape index (κ2) is 4.56. The molecule has 4 heteroatoms. The van der Waals surface area contributed by atoms with Gasteiger partial charge in [0.15, 0.2) is 5.78 Å². The van der Waals surface area contributed by atoms with Crippen molar-refractivity contribution in [1.29, 1.82) is 0 Å². The highest BCUT2D eigenvalue weighted by atomic mass is 19.1. The number of carbonyl (C=O) groups excluding carboxylic acids is 1. The summed E-state index contributed by atoms with van der Waals surface area (Å²) in [4.78, 5) is 16.0. The first-order valence-electron chi connectivity index (χ1n) is 6.29. The summed E-state index contributed by atoms with van der Waals surface area (Å²) in [7, 11) is 1.89. The smallest absolute Gasteiger partial charge is 0.159 e. The molecule has 1 heterocycles. The minimum absolute atomic E-state index is 0.0245. The van der Waals surface area contributed by atoms with Gasteiger partial charge in [-0.2, -0.15) is 0 Å². The van der Waals surface area contributed by atoms with E-state index in [9.17, 15) is 9.18 Å². The second-order valence-corrected chi connectivity index (χ2v) is 4.76. The maximum atomic E-state index is 13.0. The van der Waals surface area contributed by atoms with Gasteiger partial charge in [-0.3, -0.25) is 4.79 Å². The highest BCUT2D eigenvalue weighted by molar-refractivity contribution is 5.97. The normalized spacial score (nSPS) is 10.9. The molecular weight excluding hydrogens is 255 g/mol. The fourth-order valence-electron chi connectivity index (χ4n) is 2.27. The summed E-state index contributed by atoms with van der Waals surface area (Å²) < 4.78 is 14.9. The van der Waals surface area contributed by atoms with Gasteiger partial charge in [-0.05, 0) is 49.4 Å². The lowest BCUT2D eigenvalue weighted by Crippen LogP contribution is -1.95. The summed E-state index contributed by atoms with van der Waals surface area (Å²) in [6.07, 6.45) is 0. The van der Waals surface area contributed by atoms with Gasteiger partial charge < -0.3 is 4.57 Å². The van der Waals surface area contributed by atoms with Crippen molar-refractivity contribution in [3.05, 3.63) is 53.8 Å². The van der Waals surface area contributed by atoms with Gasteiger partial charge in [0, 0.05) is 18.2 Å². The molecule has 100 valence electrons. The van der Waals surface area contributed by atoms with Crippen LogP contribution in [0.1, 0.15) is 17.3 Å². The Kier molecular flexibility index (Phi) is 2.86. The Morgan fingerprint density at radius 2 is 1.85 bits per heavy atom. The van der Waals surface area contributed by atoms with Crippen LogP contribution < -0.4 is 0 Å². The number of nitrogens with zero attached hydrogens (tertiary/aromatic N) is 2. The average Bonchev–Trinajstić information content (AvgIpc) is 2.76. The predicted octanol–water partition coefficient (Wildman–Crippen LogP) is 3.58. The van der Waals surface area contributed by atoms with Crippen LogP contribution in [0.2, 0.25) is 0 Å². The Hall–Kier alpha value is -2.49. The summed E-state index contributed by atoms with van der Waals surface area (Å²) in [6, 6.07) is 11.7. The van der Waals surface area contributed by atoms with Crippen molar-refractivity contribution in [3.63, 3.8) is 0 Å². The van der Waals surface area contributed by atoms with Crippen molar-refractivity contribution in [2.75, 3.05) is 0 Å². The van der Waals surface area contributed by atoms with Gasteiger partial charge in [0.05, 0.1) is 11.0 Å². The highest BCUT2D eigenvalue weighted by Gasteiger charge is 2.11. The van der Waals surface area contributed by atoms with Crippen molar-refractivity contribution in [2.24, 2.45) is 7.05 Å². The van der Waals surface area contributed by atoms with Crippen LogP contribution in [0.15, 0.2) is 42.5 Å². The Labute approximate surface area is 115 Å². The maximum Gasteiger partial charge on any atom is 0.159 e. The number of hydrogen-bond acceptors (Lipinski definition) is 2. The van der Waals surface area contributed by atoms with Crippen LogP contribution in [0.4, 0.5) is 4.39 Å². The van der Waals surface area contributed by atoms with E-state index in [2.05, 4.69) is 4.98 Å². The van der Waals surface area contributed by atoms with Crippen molar-refractivity contribution in [3.8, 4) is 11.4 Å². The number of imidazole rings is 1. The molecule has 0 aliphatic carbocycles. The molecule has 0 aliphatic heterocycles. The lowest BCUT2D eigenvalue weighted by atomic mass is 10.1. The molecule has 0 radical (unpaired) electrons. The molecule has 0 unspecified atom stereocenters. The van der Waals surface area contributed by atoms with E-state index in [0.717, 1.165) is 22.4 Å². The third-order valence-corrected chi connectivity index (χ3v) is 3.39. The molecule has 0 bridgehead atoms. The van der Waals surface area contributed by atoms with E-state index in [4.69, 9.17) is 0 Å². The third-order valence-electron chi connectivity index (χ3n) is 3.39. The van der Waals surface area contributed by atoms with Crippen LogP contribution in [0.5, 0.6) is 0 Å². The van der Waals surface area contributed by atoms with E-state index in [1.54, 1.807) is 25.1 Å². The van der Waals surface area contributed by atoms with Crippen LogP contribution >= 0.6 is 0 Å². The van der Waals surface area contributed by atoms with E-state index in [0.29, 0.717) is 5.56 Å². The lowest BCUT2D eigenvalue weighted by molar-refractivity contribution is 0.101. The largest absolute Gasteiger partial charge is 0.327 e. The zero-order valence-corrected chi connectivity index (χ0v) is 11.2. The summed E-state index contributed by atoms with van der Waals surface area (Å²) in [5.74, 6) is 0.503. The molecule has 3 nitrogen and oxygen atoms in total. The van der Waals surface area contributed by atoms with Crippen molar-refractivity contribution >= 4 is 16.8 Å². The molecule has 0 fully saturated rings. The third kappa shape index (κ3) is 1.99. The van der Waals surface area contributed by atoms with E-state index in [1.165, 1.54) is 12.1 Å². The van der Waals surface area contributed by atoms with Crippen molar-refractivity contribution in [2.45, 2.75) is 6.92 Å². The number of hydrogen-bond donors (Lipinski definition) is 0. The van der Waals surface area contributed by atoms with Crippen LogP contribution in [0.3, 0.4) is 0 Å². The Bertz CT molecular complexity index is 803. The Morgan fingerprint density at radius 1 is 1.15 bits per heavy atom. The van der Waals surface area contributed by atoms with E-state index >= 15 is 0 Å². The minimum Gasteiger partial charge on any atom is -0.327 e. The highest BCUT2D eigenvalue weighted by Crippen LogP contribution is 2.24. The van der Waals surface area contributed by atoms with E-state index in [1.807, 2.05) is 23.7 Å². The number of Topliss-reactive ketones (excluding diaryl/α,β-unsaturated/α-hetero) is 1. The number of aromatic nitrogens is 2. The molecule has 1 aromatic heterocycles. The number of benzene rings is 2. The van der Waals surface area contributed by atoms with Gasteiger partial charge in [0.2, 0.25) is 0 Å². The molecule has 0 atom stereocenters. The molecule has 0 amide bonds. The summed E-state index contributed by atoms with van der Waals surface area (Å²) in [5.41, 5.74) is 3.20. The van der Waals surface area contributed by atoms with Gasteiger partial charge in [-0.25, -0.2) is 9.37 Å². The number of aryl methyl sites for hydroxylation is 1. The summed E-state index contributed by atoms with van der Waals surface area (Å²) >= 11 is 0. The minimum atomic E-state index is -0.272. The van der Waals surface area contributed by atoms with Crippen molar-refractivity contribution < 1.29 is 9.18 Å². The zero-order valence-electron chi connectivity index (χ0n) is 11.2. The number of rotatable bonds is 2. The Balaban J connectivity index is 2.20. The zero-order chi connectivity index (χ0) is 14.3. The van der Waals surface area contributed by atoms with Crippen molar-refractivity contribution in [1.82, 2.24) is 9.55 Å². The standard InChI is InChI=1S/C16H13FN2O/c1-10(20)12-5-8-14-15(9-12)19(2)16(18-14)11-3-6-13(17)7-4-11/h3-9H,1-2H3. The fraction of sp³-hybridized carbons (Fsp3) is 0.125. The first-order chi connectivity index (χ1) is 9.56. The van der Waals surface area contributed by atoms with Gasteiger partial charge in [0.1, 0.15) is 11.6 Å². The first kappa shape index (κ1) is 12.5. The monoisotopic (exact) mass is 268 g/mol. The molecule has 0 N–H and O–H groups in total. The number of fused-ring (bicyclic) bond motifs is 1. The van der Waals surface area contributed by atoms with Crippen LogP contribution in [-0.4, -0.2) is 15.3 Å². The Morgan fingerprint density at radius 3 is 2.50 bits per heavy atom. The van der Waals surface area contributed by atoms with Gasteiger partial charge in [-0.15, -0.1) is 0 Å². The van der Waals surface area contributed by atoms with Crippen LogP contribution in [0.25, 0.3) is 22.4 Å².